The summed E-state index contributed by atoms with van der Waals surface area (Å²) in [6, 6.07) is 7.43. The first kappa shape index (κ1) is 10.5. The molecular weight excluding hydrogens is 202 g/mol. The van der Waals surface area contributed by atoms with E-state index in [-0.39, 0.29) is 5.91 Å². The fraction of sp³-hybridized carbons (Fsp3) is 0.250. The first-order valence-corrected chi connectivity index (χ1v) is 5.07. The number of amides is 1. The molecule has 1 aliphatic heterocycles. The van der Waals surface area contributed by atoms with Crippen LogP contribution >= 0.6 is 0 Å². The maximum atomic E-state index is 11.8. The molecule has 1 aliphatic rings. The van der Waals surface area contributed by atoms with E-state index in [1.54, 1.807) is 13.1 Å². The second-order valence-electron chi connectivity index (χ2n) is 3.88. The SMILES string of the molecule is CC(C)=NN=C1c2ccccc2C(=O)N1C. The molecule has 0 unspecified atom stereocenters. The van der Waals surface area contributed by atoms with Gasteiger partial charge in [0.15, 0.2) is 5.84 Å². The van der Waals surface area contributed by atoms with Crippen molar-refractivity contribution in [2.45, 2.75) is 13.8 Å². The van der Waals surface area contributed by atoms with Crippen LogP contribution in [0.4, 0.5) is 0 Å². The Hall–Kier alpha value is -1.97. The molecular formula is C12H13N3O. The first-order chi connectivity index (χ1) is 7.61. The molecule has 0 spiro atoms. The minimum absolute atomic E-state index is 0.0293. The van der Waals surface area contributed by atoms with Crippen molar-refractivity contribution in [3.05, 3.63) is 35.4 Å². The van der Waals surface area contributed by atoms with Crippen molar-refractivity contribution >= 4 is 17.5 Å². The summed E-state index contributed by atoms with van der Waals surface area (Å²) in [5.74, 6) is 0.583. The average Bonchev–Trinajstić information content (AvgIpc) is 2.50. The molecule has 0 fully saturated rings. The Balaban J connectivity index is 2.53. The van der Waals surface area contributed by atoms with E-state index in [0.29, 0.717) is 11.4 Å². The lowest BCUT2D eigenvalue weighted by molar-refractivity contribution is 0.0882. The van der Waals surface area contributed by atoms with Crippen molar-refractivity contribution in [1.29, 1.82) is 0 Å². The van der Waals surface area contributed by atoms with Crippen molar-refractivity contribution in [3.8, 4) is 0 Å². The third-order valence-corrected chi connectivity index (χ3v) is 2.37. The van der Waals surface area contributed by atoms with Gasteiger partial charge < -0.3 is 0 Å². The van der Waals surface area contributed by atoms with Gasteiger partial charge in [-0.2, -0.15) is 5.10 Å². The van der Waals surface area contributed by atoms with Gasteiger partial charge in [0.1, 0.15) is 0 Å². The fourth-order valence-electron chi connectivity index (χ4n) is 1.59. The Labute approximate surface area is 94.3 Å². The van der Waals surface area contributed by atoms with Gasteiger partial charge in [0.05, 0.1) is 5.56 Å². The van der Waals surface area contributed by atoms with Crippen LogP contribution in [0.1, 0.15) is 29.8 Å². The zero-order valence-corrected chi connectivity index (χ0v) is 9.56. The molecule has 0 aromatic heterocycles. The Morgan fingerprint density at radius 2 is 1.81 bits per heavy atom. The highest BCUT2D eigenvalue weighted by molar-refractivity contribution is 6.23. The Kier molecular flexibility index (Phi) is 2.56. The van der Waals surface area contributed by atoms with Gasteiger partial charge in [-0.25, -0.2) is 0 Å². The van der Waals surface area contributed by atoms with Gasteiger partial charge in [-0.15, -0.1) is 5.10 Å². The second-order valence-corrected chi connectivity index (χ2v) is 3.88. The number of rotatable bonds is 1. The van der Waals surface area contributed by atoms with Gasteiger partial charge in [-0.1, -0.05) is 18.2 Å². The number of hydrogen-bond donors (Lipinski definition) is 0. The monoisotopic (exact) mass is 215 g/mol. The minimum atomic E-state index is -0.0293. The van der Waals surface area contributed by atoms with E-state index in [4.69, 9.17) is 0 Å². The van der Waals surface area contributed by atoms with Crippen molar-refractivity contribution in [1.82, 2.24) is 4.90 Å². The van der Waals surface area contributed by atoms with Crippen LogP contribution < -0.4 is 0 Å². The molecule has 0 saturated heterocycles. The van der Waals surface area contributed by atoms with E-state index in [9.17, 15) is 4.79 Å². The highest BCUT2D eigenvalue weighted by Gasteiger charge is 2.30. The normalized spacial score (nSPS) is 16.6. The predicted octanol–water partition coefficient (Wildman–Crippen LogP) is 1.91. The molecule has 1 aromatic rings. The third-order valence-electron chi connectivity index (χ3n) is 2.37. The Bertz CT molecular complexity index is 499. The van der Waals surface area contributed by atoms with Crippen LogP contribution in [0.25, 0.3) is 0 Å². The standard InChI is InChI=1S/C12H13N3O/c1-8(2)13-14-11-9-6-4-5-7-10(9)12(16)15(11)3/h4-7H,1-3H3. The highest BCUT2D eigenvalue weighted by atomic mass is 16.2. The van der Waals surface area contributed by atoms with Gasteiger partial charge in [-0.3, -0.25) is 9.69 Å². The lowest BCUT2D eigenvalue weighted by atomic mass is 10.1. The summed E-state index contributed by atoms with van der Waals surface area (Å²) >= 11 is 0. The summed E-state index contributed by atoms with van der Waals surface area (Å²) in [6.07, 6.45) is 0. The highest BCUT2D eigenvalue weighted by Crippen LogP contribution is 2.21. The van der Waals surface area contributed by atoms with Crippen LogP contribution in [0, 0.1) is 0 Å². The predicted molar refractivity (Wildman–Crippen MR) is 63.9 cm³/mol. The molecule has 0 bridgehead atoms. The molecule has 2 rings (SSSR count). The summed E-state index contributed by atoms with van der Waals surface area (Å²) in [5.41, 5.74) is 2.39. The van der Waals surface area contributed by atoms with Gasteiger partial charge in [0.2, 0.25) is 0 Å². The summed E-state index contributed by atoms with van der Waals surface area (Å²) in [7, 11) is 1.71. The van der Waals surface area contributed by atoms with E-state index in [0.717, 1.165) is 11.3 Å². The third kappa shape index (κ3) is 1.62. The molecule has 0 radical (unpaired) electrons. The van der Waals surface area contributed by atoms with Crippen molar-refractivity contribution in [3.63, 3.8) is 0 Å². The second kappa shape index (κ2) is 3.89. The Morgan fingerprint density at radius 1 is 1.19 bits per heavy atom. The molecule has 0 N–H and O–H groups in total. The molecule has 0 aliphatic carbocycles. The average molecular weight is 215 g/mol. The van der Waals surface area contributed by atoms with Crippen LogP contribution in [-0.2, 0) is 0 Å². The van der Waals surface area contributed by atoms with E-state index in [1.807, 2.05) is 32.0 Å². The van der Waals surface area contributed by atoms with E-state index < -0.39 is 0 Å². The van der Waals surface area contributed by atoms with Gasteiger partial charge in [-0.05, 0) is 19.9 Å². The summed E-state index contributed by atoms with van der Waals surface area (Å²) in [6.45, 7) is 3.74. The van der Waals surface area contributed by atoms with Crippen LogP contribution in [0.5, 0.6) is 0 Å². The number of carbonyl (C=O) groups is 1. The number of amidine groups is 1. The maximum Gasteiger partial charge on any atom is 0.259 e. The van der Waals surface area contributed by atoms with Crippen molar-refractivity contribution < 1.29 is 4.79 Å². The molecule has 4 nitrogen and oxygen atoms in total. The van der Waals surface area contributed by atoms with E-state index >= 15 is 0 Å². The number of nitrogens with zero attached hydrogens (tertiary/aromatic N) is 3. The molecule has 1 amide bonds. The molecule has 4 heteroatoms. The van der Waals surface area contributed by atoms with Gasteiger partial charge >= 0.3 is 0 Å². The lowest BCUT2D eigenvalue weighted by Crippen LogP contribution is -2.25. The maximum absolute atomic E-state index is 11.8. The number of hydrogen-bond acceptors (Lipinski definition) is 3. The van der Waals surface area contributed by atoms with Crippen LogP contribution in [0.3, 0.4) is 0 Å². The molecule has 1 aromatic carbocycles. The van der Waals surface area contributed by atoms with E-state index in [2.05, 4.69) is 10.2 Å². The number of fused-ring (bicyclic) bond motifs is 1. The quantitative estimate of drug-likeness (QED) is 0.521. The molecule has 0 atom stereocenters. The molecule has 1 heterocycles. The van der Waals surface area contributed by atoms with Crippen molar-refractivity contribution in [2.24, 2.45) is 10.2 Å². The smallest absolute Gasteiger partial charge is 0.259 e. The topological polar surface area (TPSA) is 45.0 Å². The number of benzene rings is 1. The first-order valence-electron chi connectivity index (χ1n) is 5.07. The molecule has 0 saturated carbocycles. The van der Waals surface area contributed by atoms with Crippen LogP contribution in [-0.4, -0.2) is 29.4 Å². The zero-order valence-electron chi connectivity index (χ0n) is 9.56. The summed E-state index contributed by atoms with van der Waals surface area (Å²) < 4.78 is 0. The van der Waals surface area contributed by atoms with Gasteiger partial charge in [0.25, 0.3) is 5.91 Å². The summed E-state index contributed by atoms with van der Waals surface area (Å²) in [5, 5.41) is 8.11. The van der Waals surface area contributed by atoms with Crippen LogP contribution in [0.15, 0.2) is 34.5 Å². The fourth-order valence-corrected chi connectivity index (χ4v) is 1.59. The Morgan fingerprint density at radius 3 is 2.44 bits per heavy atom. The lowest BCUT2D eigenvalue weighted by Gasteiger charge is -2.07. The number of carbonyl (C=O) groups excluding carboxylic acids is 1. The van der Waals surface area contributed by atoms with Crippen LogP contribution in [0.2, 0.25) is 0 Å². The van der Waals surface area contributed by atoms with Crippen molar-refractivity contribution in [2.75, 3.05) is 7.05 Å². The minimum Gasteiger partial charge on any atom is -0.294 e. The molecule has 82 valence electrons. The summed E-state index contributed by atoms with van der Waals surface area (Å²) in [4.78, 5) is 13.4. The van der Waals surface area contributed by atoms with E-state index in [1.165, 1.54) is 4.90 Å². The largest absolute Gasteiger partial charge is 0.294 e. The molecule has 16 heavy (non-hydrogen) atoms. The zero-order chi connectivity index (χ0) is 11.7. The van der Waals surface area contributed by atoms with Gasteiger partial charge in [0, 0.05) is 18.3 Å².